The van der Waals surface area contributed by atoms with Crippen molar-refractivity contribution in [3.8, 4) is 0 Å². The van der Waals surface area contributed by atoms with E-state index in [1.165, 1.54) is 289 Å². The maximum Gasteiger partial charge on any atom is 0.306 e. The van der Waals surface area contributed by atoms with Crippen LogP contribution in [0.25, 0.3) is 0 Å². The van der Waals surface area contributed by atoms with Gasteiger partial charge in [0.25, 0.3) is 0 Å². The molecule has 1 atom stereocenters. The molecule has 0 aromatic heterocycles. The van der Waals surface area contributed by atoms with E-state index in [-0.39, 0.29) is 31.1 Å². The Bertz CT molecular complexity index is 1350. The van der Waals surface area contributed by atoms with Crippen LogP contribution >= 0.6 is 0 Å². The molecule has 0 fully saturated rings. The zero-order valence-electron chi connectivity index (χ0n) is 54.8. The van der Waals surface area contributed by atoms with Gasteiger partial charge in [-0.05, 0) is 57.8 Å². The molecule has 81 heavy (non-hydrogen) atoms. The third-order valence-electron chi connectivity index (χ3n) is 16.6. The molecule has 0 N–H and O–H groups in total. The second-order valence-corrected chi connectivity index (χ2v) is 24.9. The minimum absolute atomic E-state index is 0.0699. The van der Waals surface area contributed by atoms with Gasteiger partial charge in [-0.15, -0.1) is 0 Å². The average molecular weight is 1140 g/mol. The molecule has 0 aliphatic rings. The maximum atomic E-state index is 12.9. The Morgan fingerprint density at radius 3 is 0.691 bits per heavy atom. The Balaban J connectivity index is 4.07. The van der Waals surface area contributed by atoms with Crippen molar-refractivity contribution in [3.05, 3.63) is 36.5 Å². The number of hydrogen-bond donors (Lipinski definition) is 0. The number of esters is 3. The maximum absolute atomic E-state index is 12.9. The first-order chi connectivity index (χ1) is 40.0. The molecule has 0 rings (SSSR count). The van der Waals surface area contributed by atoms with Crippen molar-refractivity contribution in [1.29, 1.82) is 0 Å². The van der Waals surface area contributed by atoms with Crippen molar-refractivity contribution in [2.75, 3.05) is 13.2 Å². The molecule has 0 bridgehead atoms. The van der Waals surface area contributed by atoms with E-state index in [0.29, 0.717) is 19.3 Å². The highest BCUT2D eigenvalue weighted by molar-refractivity contribution is 5.71. The van der Waals surface area contributed by atoms with Crippen LogP contribution in [0.15, 0.2) is 36.5 Å². The van der Waals surface area contributed by atoms with Gasteiger partial charge in [-0.25, -0.2) is 0 Å². The van der Waals surface area contributed by atoms with Crippen molar-refractivity contribution >= 4 is 17.9 Å². The standard InChI is InChI=1S/C75H140O6/c1-4-7-10-13-16-19-21-23-25-27-29-31-33-34-35-36-37-38-39-40-42-43-45-47-49-51-53-56-59-62-65-68-74(77)80-71-72(70-79-73(76)67-64-61-58-55-18-15-12-9-6-3)81-75(78)69-66-63-60-57-54-52-50-48-46-44-41-32-30-28-26-24-22-20-17-14-11-8-5-2/h22,24,28,30,41,44,72H,4-21,23,25-27,29,31-40,42-43,45-71H2,1-3H3/b24-22-,30-28-,44-41-. The van der Waals surface area contributed by atoms with E-state index in [1.54, 1.807) is 0 Å². The fourth-order valence-corrected chi connectivity index (χ4v) is 11.2. The quantitative estimate of drug-likeness (QED) is 0.0261. The first-order valence-corrected chi connectivity index (χ1v) is 36.5. The van der Waals surface area contributed by atoms with Crippen LogP contribution in [0, 0.1) is 0 Å². The van der Waals surface area contributed by atoms with Crippen LogP contribution in [-0.4, -0.2) is 37.2 Å². The number of ether oxygens (including phenoxy) is 3. The summed E-state index contributed by atoms with van der Waals surface area (Å²) >= 11 is 0. The van der Waals surface area contributed by atoms with Crippen LogP contribution in [0.4, 0.5) is 0 Å². The Hall–Kier alpha value is -2.37. The van der Waals surface area contributed by atoms with Gasteiger partial charge < -0.3 is 14.2 Å². The predicted octanol–water partition coefficient (Wildman–Crippen LogP) is 25.1. The molecule has 0 heterocycles. The summed E-state index contributed by atoms with van der Waals surface area (Å²) in [6.07, 6.45) is 87.8. The number of allylic oxidation sites excluding steroid dienone is 6. The summed E-state index contributed by atoms with van der Waals surface area (Å²) < 4.78 is 16.9. The molecule has 6 nitrogen and oxygen atoms in total. The molecule has 0 amide bonds. The minimum atomic E-state index is -0.773. The number of unbranched alkanes of at least 4 members (excludes halogenated alkanes) is 51. The summed E-state index contributed by atoms with van der Waals surface area (Å²) in [7, 11) is 0. The first kappa shape index (κ1) is 78.6. The monoisotopic (exact) mass is 1140 g/mol. The Kier molecular flexibility index (Phi) is 68.1. The molecule has 0 aliphatic carbocycles. The van der Waals surface area contributed by atoms with Crippen LogP contribution in [0.3, 0.4) is 0 Å². The van der Waals surface area contributed by atoms with Crippen LogP contribution in [0.1, 0.15) is 406 Å². The zero-order chi connectivity index (χ0) is 58.5. The van der Waals surface area contributed by atoms with Gasteiger partial charge in [0.1, 0.15) is 13.2 Å². The van der Waals surface area contributed by atoms with Gasteiger partial charge in [0, 0.05) is 19.3 Å². The molecule has 0 saturated carbocycles. The van der Waals surface area contributed by atoms with E-state index in [2.05, 4.69) is 57.2 Å². The number of carbonyl (C=O) groups is 3. The number of hydrogen-bond acceptors (Lipinski definition) is 6. The van der Waals surface area contributed by atoms with E-state index in [9.17, 15) is 14.4 Å². The highest BCUT2D eigenvalue weighted by atomic mass is 16.6. The second kappa shape index (κ2) is 70.1. The normalized spacial score (nSPS) is 12.2. The third kappa shape index (κ3) is 68.3. The van der Waals surface area contributed by atoms with Gasteiger partial charge in [-0.3, -0.25) is 14.4 Å². The second-order valence-electron chi connectivity index (χ2n) is 24.9. The minimum Gasteiger partial charge on any atom is -0.462 e. The van der Waals surface area contributed by atoms with E-state index >= 15 is 0 Å². The smallest absolute Gasteiger partial charge is 0.306 e. The summed E-state index contributed by atoms with van der Waals surface area (Å²) in [4.78, 5) is 38.3. The van der Waals surface area contributed by atoms with Gasteiger partial charge in [0.15, 0.2) is 6.10 Å². The molecular weight excluding hydrogens is 997 g/mol. The predicted molar refractivity (Wildman–Crippen MR) is 353 cm³/mol. The van der Waals surface area contributed by atoms with Gasteiger partial charge in [-0.1, -0.05) is 365 Å². The molecule has 1 unspecified atom stereocenters. The van der Waals surface area contributed by atoms with Crippen molar-refractivity contribution in [3.63, 3.8) is 0 Å². The van der Waals surface area contributed by atoms with Crippen molar-refractivity contribution in [2.45, 2.75) is 412 Å². The van der Waals surface area contributed by atoms with Gasteiger partial charge in [-0.2, -0.15) is 0 Å². The Morgan fingerprint density at radius 2 is 0.444 bits per heavy atom. The van der Waals surface area contributed by atoms with Gasteiger partial charge in [0.05, 0.1) is 0 Å². The van der Waals surface area contributed by atoms with E-state index in [4.69, 9.17) is 14.2 Å². The summed E-state index contributed by atoms with van der Waals surface area (Å²) in [5.74, 6) is -0.853. The van der Waals surface area contributed by atoms with Crippen molar-refractivity contribution < 1.29 is 28.6 Å². The highest BCUT2D eigenvalue weighted by Gasteiger charge is 2.19. The molecule has 0 aromatic rings. The lowest BCUT2D eigenvalue weighted by Crippen LogP contribution is -2.30. The van der Waals surface area contributed by atoms with Crippen LogP contribution in [-0.2, 0) is 28.6 Å². The molecule has 0 spiro atoms. The summed E-state index contributed by atoms with van der Waals surface area (Å²) in [5, 5.41) is 0. The lowest BCUT2D eigenvalue weighted by Gasteiger charge is -2.18. The van der Waals surface area contributed by atoms with Gasteiger partial charge in [0.2, 0.25) is 0 Å². The largest absolute Gasteiger partial charge is 0.462 e. The van der Waals surface area contributed by atoms with Crippen molar-refractivity contribution in [1.82, 2.24) is 0 Å². The molecule has 6 heteroatoms. The average Bonchev–Trinajstić information content (AvgIpc) is 3.47. The van der Waals surface area contributed by atoms with Crippen LogP contribution in [0.5, 0.6) is 0 Å². The lowest BCUT2D eigenvalue weighted by molar-refractivity contribution is -0.167. The number of carbonyl (C=O) groups excluding carboxylic acids is 3. The molecular formula is C75H140O6. The molecule has 0 radical (unpaired) electrons. The lowest BCUT2D eigenvalue weighted by atomic mass is 10.0. The fourth-order valence-electron chi connectivity index (χ4n) is 11.2. The first-order valence-electron chi connectivity index (χ1n) is 36.5. The zero-order valence-corrected chi connectivity index (χ0v) is 54.8. The molecule has 476 valence electrons. The van der Waals surface area contributed by atoms with E-state index in [0.717, 1.165) is 77.0 Å². The third-order valence-corrected chi connectivity index (χ3v) is 16.6. The fraction of sp³-hybridized carbons (Fsp3) is 0.880. The van der Waals surface area contributed by atoms with Crippen molar-refractivity contribution in [2.24, 2.45) is 0 Å². The Labute approximate surface area is 506 Å². The Morgan fingerprint density at radius 1 is 0.247 bits per heavy atom. The summed E-state index contributed by atoms with van der Waals surface area (Å²) in [5.41, 5.74) is 0. The number of rotatable bonds is 68. The molecule has 0 aromatic carbocycles. The summed E-state index contributed by atoms with van der Waals surface area (Å²) in [6, 6.07) is 0. The summed E-state index contributed by atoms with van der Waals surface area (Å²) in [6.45, 7) is 6.67. The van der Waals surface area contributed by atoms with Crippen LogP contribution < -0.4 is 0 Å². The van der Waals surface area contributed by atoms with Crippen LogP contribution in [0.2, 0.25) is 0 Å². The van der Waals surface area contributed by atoms with E-state index in [1.807, 2.05) is 0 Å². The molecule has 0 saturated heterocycles. The SMILES string of the molecule is CCCCCCC/C=C\C/C=C\C/C=C\CCCCCCCCCCC(=O)OC(COC(=O)CCCCCCCCCCC)COC(=O)CCCCCCCCCCCCCCCCCCCCCCCCCCCCCCCCC. The topological polar surface area (TPSA) is 78.9 Å². The highest BCUT2D eigenvalue weighted by Crippen LogP contribution is 2.19. The van der Waals surface area contributed by atoms with Gasteiger partial charge >= 0.3 is 17.9 Å². The van der Waals surface area contributed by atoms with E-state index < -0.39 is 6.10 Å². The molecule has 0 aliphatic heterocycles.